The average molecular weight is 284 g/mol. The van der Waals surface area contributed by atoms with Gasteiger partial charge in [0.2, 0.25) is 11.9 Å². The zero-order valence-corrected chi connectivity index (χ0v) is 10.9. The first kappa shape index (κ1) is 16.1. The van der Waals surface area contributed by atoms with Crippen LogP contribution in [0.1, 0.15) is 17.3 Å². The molecule has 0 fully saturated rings. The molecule has 7 nitrogen and oxygen atoms in total. The molecule has 0 radical (unpaired) electrons. The number of hydrogen-bond donors (Lipinski definition) is 3. The van der Waals surface area contributed by atoms with E-state index in [9.17, 15) is 19.8 Å². The molecule has 0 aliphatic carbocycles. The van der Waals surface area contributed by atoms with E-state index in [1.54, 1.807) is 6.92 Å². The summed E-state index contributed by atoms with van der Waals surface area (Å²) in [6.45, 7) is 0.960. The first-order chi connectivity index (χ1) is 9.42. The van der Waals surface area contributed by atoms with Crippen LogP contribution in [-0.2, 0) is 9.53 Å². The van der Waals surface area contributed by atoms with E-state index >= 15 is 0 Å². The normalized spacial score (nSPS) is 15.2. The van der Waals surface area contributed by atoms with Crippen LogP contribution in [0.4, 0.5) is 0 Å². The SMILES string of the molecule is CCOC(O)(COc1ccc(C=O)cc1)C(O)C(=O)O. The molecule has 0 spiro atoms. The molecule has 0 aliphatic heterocycles. The van der Waals surface area contributed by atoms with Crippen LogP contribution < -0.4 is 4.74 Å². The van der Waals surface area contributed by atoms with E-state index in [0.29, 0.717) is 17.6 Å². The van der Waals surface area contributed by atoms with Gasteiger partial charge in [0.25, 0.3) is 0 Å². The van der Waals surface area contributed by atoms with Crippen molar-refractivity contribution in [3.05, 3.63) is 29.8 Å². The third kappa shape index (κ3) is 4.02. The molecule has 7 heteroatoms. The largest absolute Gasteiger partial charge is 0.488 e. The molecule has 3 N–H and O–H groups in total. The van der Waals surface area contributed by atoms with E-state index in [0.717, 1.165) is 0 Å². The number of ether oxygens (including phenoxy) is 2. The number of aldehydes is 1. The summed E-state index contributed by atoms with van der Waals surface area (Å²) in [6.07, 6.45) is -1.48. The number of aliphatic hydroxyl groups excluding tert-OH is 1. The highest BCUT2D eigenvalue weighted by Gasteiger charge is 2.42. The van der Waals surface area contributed by atoms with Gasteiger partial charge in [-0.15, -0.1) is 0 Å². The van der Waals surface area contributed by atoms with E-state index in [1.807, 2.05) is 0 Å². The Morgan fingerprint density at radius 2 is 2.00 bits per heavy atom. The van der Waals surface area contributed by atoms with Crippen molar-refractivity contribution >= 4 is 12.3 Å². The number of carboxylic acids is 1. The summed E-state index contributed by atoms with van der Waals surface area (Å²) in [5.41, 5.74) is 0.447. The summed E-state index contributed by atoms with van der Waals surface area (Å²) in [4.78, 5) is 21.2. The summed E-state index contributed by atoms with van der Waals surface area (Å²) in [5.74, 6) is -3.68. The minimum absolute atomic E-state index is 0.00567. The Bertz CT molecular complexity index is 456. The van der Waals surface area contributed by atoms with Gasteiger partial charge in [-0.05, 0) is 31.2 Å². The number of aliphatic hydroxyl groups is 2. The van der Waals surface area contributed by atoms with Crippen molar-refractivity contribution in [2.45, 2.75) is 18.8 Å². The lowest BCUT2D eigenvalue weighted by molar-refractivity contribution is -0.265. The lowest BCUT2D eigenvalue weighted by Gasteiger charge is -2.29. The quantitative estimate of drug-likeness (QED) is 0.456. The summed E-state index contributed by atoms with van der Waals surface area (Å²) in [5, 5.41) is 28.1. The van der Waals surface area contributed by atoms with Gasteiger partial charge in [0.1, 0.15) is 18.6 Å². The van der Waals surface area contributed by atoms with Crippen molar-refractivity contribution in [2.75, 3.05) is 13.2 Å². The third-order valence-corrected chi connectivity index (χ3v) is 2.52. The predicted molar refractivity (Wildman–Crippen MR) is 67.5 cm³/mol. The molecule has 110 valence electrons. The Labute approximate surface area is 115 Å². The van der Waals surface area contributed by atoms with Crippen LogP contribution in [0.15, 0.2) is 24.3 Å². The number of carbonyl (C=O) groups is 2. The van der Waals surface area contributed by atoms with E-state index < -0.39 is 24.5 Å². The Morgan fingerprint density at radius 1 is 1.40 bits per heavy atom. The molecule has 0 saturated heterocycles. The minimum atomic E-state index is -2.36. The summed E-state index contributed by atoms with van der Waals surface area (Å²) < 4.78 is 10.0. The molecule has 0 amide bonds. The Morgan fingerprint density at radius 3 is 2.45 bits per heavy atom. The number of aliphatic carboxylic acids is 1. The monoisotopic (exact) mass is 284 g/mol. The smallest absolute Gasteiger partial charge is 0.338 e. The molecular formula is C13H16O7. The molecule has 1 rings (SSSR count). The third-order valence-electron chi connectivity index (χ3n) is 2.52. The van der Waals surface area contributed by atoms with Crippen LogP contribution in [0, 0.1) is 0 Å². The number of benzene rings is 1. The fraction of sp³-hybridized carbons (Fsp3) is 0.385. The van der Waals surface area contributed by atoms with Crippen LogP contribution in [-0.4, -0.2) is 52.7 Å². The standard InChI is InChI=1S/C13H16O7/c1-2-20-13(18,11(15)12(16)17)8-19-10-5-3-9(7-14)4-6-10/h3-7,11,15,18H,2,8H2,1H3,(H,16,17). The second-order valence-electron chi connectivity index (χ2n) is 3.99. The Balaban J connectivity index is 2.75. The molecule has 0 aliphatic rings. The van der Waals surface area contributed by atoms with E-state index in [-0.39, 0.29) is 6.61 Å². The van der Waals surface area contributed by atoms with Gasteiger partial charge >= 0.3 is 5.97 Å². The molecule has 0 aromatic heterocycles. The average Bonchev–Trinajstić information content (AvgIpc) is 2.45. The van der Waals surface area contributed by atoms with Crippen molar-refractivity contribution < 1.29 is 34.4 Å². The summed E-state index contributed by atoms with van der Waals surface area (Å²) in [6, 6.07) is 5.94. The first-order valence-electron chi connectivity index (χ1n) is 5.88. The van der Waals surface area contributed by atoms with Crippen LogP contribution >= 0.6 is 0 Å². The zero-order chi connectivity index (χ0) is 15.2. The Kier molecular flexibility index (Phi) is 5.63. The highest BCUT2D eigenvalue weighted by Crippen LogP contribution is 2.18. The van der Waals surface area contributed by atoms with Crippen LogP contribution in [0.25, 0.3) is 0 Å². The van der Waals surface area contributed by atoms with Crippen molar-refractivity contribution in [3.8, 4) is 5.75 Å². The number of carbonyl (C=O) groups excluding carboxylic acids is 1. The number of hydrogen-bond acceptors (Lipinski definition) is 6. The fourth-order valence-electron chi connectivity index (χ4n) is 1.47. The maximum Gasteiger partial charge on any atom is 0.338 e. The molecule has 20 heavy (non-hydrogen) atoms. The molecule has 0 heterocycles. The number of carboxylic acid groups (broad SMARTS) is 1. The molecule has 1 aromatic rings. The van der Waals surface area contributed by atoms with Crippen LogP contribution in [0.2, 0.25) is 0 Å². The second kappa shape index (κ2) is 6.99. The fourth-order valence-corrected chi connectivity index (χ4v) is 1.47. The Hall–Kier alpha value is -1.96. The van der Waals surface area contributed by atoms with Crippen LogP contribution in [0.5, 0.6) is 5.75 Å². The molecule has 0 bridgehead atoms. The molecular weight excluding hydrogens is 268 g/mol. The van der Waals surface area contributed by atoms with E-state index in [2.05, 4.69) is 0 Å². The lowest BCUT2D eigenvalue weighted by Crippen LogP contribution is -2.53. The molecule has 0 saturated carbocycles. The van der Waals surface area contributed by atoms with Gasteiger partial charge in [-0.1, -0.05) is 0 Å². The highest BCUT2D eigenvalue weighted by molar-refractivity contribution is 5.75. The predicted octanol–water partition coefficient (Wildman–Crippen LogP) is 0.0485. The van der Waals surface area contributed by atoms with Gasteiger partial charge in [-0.2, -0.15) is 0 Å². The van der Waals surface area contributed by atoms with Crippen molar-refractivity contribution in [3.63, 3.8) is 0 Å². The summed E-state index contributed by atoms with van der Waals surface area (Å²) in [7, 11) is 0. The second-order valence-corrected chi connectivity index (χ2v) is 3.99. The van der Waals surface area contributed by atoms with Gasteiger partial charge in [0, 0.05) is 12.2 Å². The van der Waals surface area contributed by atoms with Gasteiger partial charge in [-0.25, -0.2) is 4.79 Å². The molecule has 1 aromatic carbocycles. The topological polar surface area (TPSA) is 113 Å². The zero-order valence-electron chi connectivity index (χ0n) is 10.9. The maximum atomic E-state index is 10.7. The maximum absolute atomic E-state index is 10.7. The number of rotatable bonds is 8. The molecule has 2 atom stereocenters. The lowest BCUT2D eigenvalue weighted by atomic mass is 10.1. The van der Waals surface area contributed by atoms with Crippen molar-refractivity contribution in [2.24, 2.45) is 0 Å². The minimum Gasteiger partial charge on any atom is -0.488 e. The van der Waals surface area contributed by atoms with Crippen molar-refractivity contribution in [1.29, 1.82) is 0 Å². The highest BCUT2D eigenvalue weighted by atomic mass is 16.7. The summed E-state index contributed by atoms with van der Waals surface area (Å²) >= 11 is 0. The van der Waals surface area contributed by atoms with E-state index in [1.165, 1.54) is 24.3 Å². The first-order valence-corrected chi connectivity index (χ1v) is 5.88. The molecule has 2 unspecified atom stereocenters. The van der Waals surface area contributed by atoms with Gasteiger partial charge in [0.15, 0.2) is 0 Å². The van der Waals surface area contributed by atoms with E-state index in [4.69, 9.17) is 14.6 Å². The van der Waals surface area contributed by atoms with Gasteiger partial charge < -0.3 is 24.8 Å². The van der Waals surface area contributed by atoms with Crippen LogP contribution in [0.3, 0.4) is 0 Å². The van der Waals surface area contributed by atoms with Gasteiger partial charge in [-0.3, -0.25) is 4.79 Å². The van der Waals surface area contributed by atoms with Gasteiger partial charge in [0.05, 0.1) is 0 Å². The van der Waals surface area contributed by atoms with Crippen molar-refractivity contribution in [1.82, 2.24) is 0 Å².